The minimum absolute atomic E-state index is 0.525. The van der Waals surface area contributed by atoms with Crippen molar-refractivity contribution in [2.24, 2.45) is 0 Å². The van der Waals surface area contributed by atoms with Crippen molar-refractivity contribution in [1.82, 2.24) is 9.97 Å². The molecule has 0 unspecified atom stereocenters. The Morgan fingerprint density at radius 1 is 1.20 bits per heavy atom. The van der Waals surface area contributed by atoms with Gasteiger partial charge in [-0.1, -0.05) is 36.2 Å². The molecule has 0 radical (unpaired) electrons. The molecule has 0 saturated heterocycles. The predicted molar refractivity (Wildman–Crippen MR) is 92.9 cm³/mol. The van der Waals surface area contributed by atoms with Gasteiger partial charge in [0.15, 0.2) is 0 Å². The molecule has 0 bridgehead atoms. The Balaban J connectivity index is 2.44. The van der Waals surface area contributed by atoms with E-state index in [1.165, 1.54) is 0 Å². The van der Waals surface area contributed by atoms with Crippen molar-refractivity contribution in [3.05, 3.63) is 48.9 Å². The summed E-state index contributed by atoms with van der Waals surface area (Å²) in [6.07, 6.45) is 1.38. The average molecular weight is 422 g/mol. The summed E-state index contributed by atoms with van der Waals surface area (Å²) in [4.78, 5) is 9.13. The summed E-state index contributed by atoms with van der Waals surface area (Å²) in [5.74, 6) is 1.57. The van der Waals surface area contributed by atoms with Crippen LogP contribution in [0.15, 0.2) is 18.2 Å². The molecule has 0 aliphatic rings. The summed E-state index contributed by atoms with van der Waals surface area (Å²) in [7, 11) is 1.86. The van der Waals surface area contributed by atoms with Crippen molar-refractivity contribution in [2.75, 3.05) is 12.4 Å². The van der Waals surface area contributed by atoms with E-state index < -0.39 is 0 Å². The van der Waals surface area contributed by atoms with E-state index in [1.54, 1.807) is 0 Å². The molecule has 1 heterocycles. The lowest BCUT2D eigenvalue weighted by Gasteiger charge is -2.11. The van der Waals surface area contributed by atoms with Crippen LogP contribution in [0.5, 0.6) is 0 Å². The maximum absolute atomic E-state index is 6.20. The highest BCUT2D eigenvalue weighted by molar-refractivity contribution is 14.1. The van der Waals surface area contributed by atoms with Gasteiger partial charge in [-0.25, -0.2) is 9.97 Å². The van der Waals surface area contributed by atoms with E-state index in [-0.39, 0.29) is 0 Å². The number of rotatable bonds is 4. The van der Waals surface area contributed by atoms with Crippen LogP contribution in [0.2, 0.25) is 10.0 Å². The maximum Gasteiger partial charge on any atom is 0.143 e. The molecule has 0 spiro atoms. The highest BCUT2D eigenvalue weighted by Crippen LogP contribution is 2.27. The lowest BCUT2D eigenvalue weighted by Crippen LogP contribution is -2.08. The molecule has 0 saturated carbocycles. The number of hydrogen-bond donors (Lipinski definition) is 1. The molecular weight excluding hydrogens is 408 g/mol. The number of halogens is 3. The summed E-state index contributed by atoms with van der Waals surface area (Å²) in [5.41, 5.74) is 1.89. The van der Waals surface area contributed by atoms with Gasteiger partial charge < -0.3 is 5.32 Å². The SMILES string of the molecule is CCc1nc(Cc2c(Cl)cccc2Cl)nc(NC)c1I. The van der Waals surface area contributed by atoms with Gasteiger partial charge in [0.1, 0.15) is 11.6 Å². The zero-order chi connectivity index (χ0) is 14.7. The predicted octanol–water partition coefficient (Wildman–Crippen LogP) is 4.58. The fourth-order valence-electron chi connectivity index (χ4n) is 1.88. The molecule has 0 aliphatic carbocycles. The van der Waals surface area contributed by atoms with Crippen LogP contribution in [0, 0.1) is 3.57 Å². The average Bonchev–Trinajstić information content (AvgIpc) is 2.44. The molecular formula is C14H14Cl2IN3. The van der Waals surface area contributed by atoms with Crippen molar-refractivity contribution in [3.8, 4) is 0 Å². The minimum atomic E-state index is 0.525. The lowest BCUT2D eigenvalue weighted by atomic mass is 10.1. The standard InChI is InChI=1S/C14H14Cl2IN3/c1-3-11-13(17)14(18-2)20-12(19-11)7-8-9(15)5-4-6-10(8)16/h4-6H,3,7H2,1-2H3,(H,18,19,20). The van der Waals surface area contributed by atoms with Crippen LogP contribution in [-0.2, 0) is 12.8 Å². The van der Waals surface area contributed by atoms with E-state index in [1.807, 2.05) is 25.2 Å². The van der Waals surface area contributed by atoms with Crippen LogP contribution in [0.4, 0.5) is 5.82 Å². The first-order valence-corrected chi connectivity index (χ1v) is 8.06. The Kier molecular flexibility index (Phi) is 5.46. The van der Waals surface area contributed by atoms with Crippen molar-refractivity contribution >= 4 is 51.6 Å². The third kappa shape index (κ3) is 3.35. The summed E-state index contributed by atoms with van der Waals surface area (Å²) < 4.78 is 1.06. The van der Waals surface area contributed by atoms with Gasteiger partial charge >= 0.3 is 0 Å². The van der Waals surface area contributed by atoms with Crippen LogP contribution in [0.3, 0.4) is 0 Å². The number of nitrogens with one attached hydrogen (secondary N) is 1. The second kappa shape index (κ2) is 6.91. The molecule has 0 fully saturated rings. The fourth-order valence-corrected chi connectivity index (χ4v) is 3.31. The fraction of sp³-hybridized carbons (Fsp3) is 0.286. The summed E-state index contributed by atoms with van der Waals surface area (Å²) in [5, 5.41) is 4.39. The van der Waals surface area contributed by atoms with E-state index >= 15 is 0 Å². The van der Waals surface area contributed by atoms with Crippen LogP contribution in [0.1, 0.15) is 24.0 Å². The molecule has 20 heavy (non-hydrogen) atoms. The van der Waals surface area contributed by atoms with E-state index in [2.05, 4.69) is 44.8 Å². The second-order valence-electron chi connectivity index (χ2n) is 4.23. The molecule has 0 aliphatic heterocycles. The molecule has 3 nitrogen and oxygen atoms in total. The molecule has 2 aromatic rings. The van der Waals surface area contributed by atoms with Crippen LogP contribution in [0.25, 0.3) is 0 Å². The minimum Gasteiger partial charge on any atom is -0.372 e. The number of benzene rings is 1. The van der Waals surface area contributed by atoms with Gasteiger partial charge in [-0.15, -0.1) is 0 Å². The maximum atomic E-state index is 6.20. The van der Waals surface area contributed by atoms with Crippen LogP contribution >= 0.6 is 45.8 Å². The van der Waals surface area contributed by atoms with Gasteiger partial charge in [0.25, 0.3) is 0 Å². The number of anilines is 1. The first-order chi connectivity index (χ1) is 9.56. The second-order valence-corrected chi connectivity index (χ2v) is 6.12. The molecule has 0 amide bonds. The van der Waals surface area contributed by atoms with Gasteiger partial charge in [-0.3, -0.25) is 0 Å². The Morgan fingerprint density at radius 3 is 2.40 bits per heavy atom. The number of nitrogens with zero attached hydrogens (tertiary/aromatic N) is 2. The number of aromatic nitrogens is 2. The zero-order valence-corrected chi connectivity index (χ0v) is 14.8. The van der Waals surface area contributed by atoms with Gasteiger partial charge in [-0.2, -0.15) is 0 Å². The van der Waals surface area contributed by atoms with E-state index in [0.29, 0.717) is 16.5 Å². The van der Waals surface area contributed by atoms with Gasteiger partial charge in [0, 0.05) is 23.5 Å². The van der Waals surface area contributed by atoms with Crippen molar-refractivity contribution in [1.29, 1.82) is 0 Å². The quantitative estimate of drug-likeness (QED) is 0.734. The van der Waals surface area contributed by atoms with E-state index in [0.717, 1.165) is 32.9 Å². The molecule has 106 valence electrons. The topological polar surface area (TPSA) is 37.8 Å². The van der Waals surface area contributed by atoms with E-state index in [9.17, 15) is 0 Å². The first kappa shape index (κ1) is 15.8. The van der Waals surface area contributed by atoms with Crippen molar-refractivity contribution in [3.63, 3.8) is 0 Å². The summed E-state index contributed by atoms with van der Waals surface area (Å²) >= 11 is 14.7. The Labute approximate surface area is 142 Å². The molecule has 1 aromatic heterocycles. The van der Waals surface area contributed by atoms with Gasteiger partial charge in [0.2, 0.25) is 0 Å². The third-order valence-electron chi connectivity index (χ3n) is 2.93. The Bertz CT molecular complexity index is 587. The van der Waals surface area contributed by atoms with Gasteiger partial charge in [0.05, 0.1) is 9.26 Å². The van der Waals surface area contributed by atoms with Crippen LogP contribution < -0.4 is 5.32 Å². The smallest absolute Gasteiger partial charge is 0.143 e. The van der Waals surface area contributed by atoms with E-state index in [4.69, 9.17) is 23.2 Å². The highest BCUT2D eigenvalue weighted by atomic mass is 127. The lowest BCUT2D eigenvalue weighted by molar-refractivity contribution is 0.897. The largest absolute Gasteiger partial charge is 0.372 e. The molecule has 2 rings (SSSR count). The Hall–Kier alpha value is -0.590. The van der Waals surface area contributed by atoms with Gasteiger partial charge in [-0.05, 0) is 46.7 Å². The molecule has 0 atom stereocenters. The van der Waals surface area contributed by atoms with Crippen LogP contribution in [-0.4, -0.2) is 17.0 Å². The third-order valence-corrected chi connectivity index (χ3v) is 4.78. The summed E-state index contributed by atoms with van der Waals surface area (Å²) in [6, 6.07) is 5.49. The molecule has 1 N–H and O–H groups in total. The molecule has 1 aromatic carbocycles. The number of hydrogen-bond acceptors (Lipinski definition) is 3. The highest BCUT2D eigenvalue weighted by Gasteiger charge is 2.13. The summed E-state index contributed by atoms with van der Waals surface area (Å²) in [6.45, 7) is 2.08. The monoisotopic (exact) mass is 421 g/mol. The zero-order valence-electron chi connectivity index (χ0n) is 11.2. The molecule has 6 heteroatoms. The van der Waals surface area contributed by atoms with Crippen molar-refractivity contribution in [2.45, 2.75) is 19.8 Å². The van der Waals surface area contributed by atoms with Crippen molar-refractivity contribution < 1.29 is 0 Å². The Morgan fingerprint density at radius 2 is 1.85 bits per heavy atom. The number of aryl methyl sites for hydroxylation is 1. The first-order valence-electron chi connectivity index (χ1n) is 6.22. The normalized spacial score (nSPS) is 10.7.